The fourth-order valence-corrected chi connectivity index (χ4v) is 1.03. The van der Waals surface area contributed by atoms with E-state index in [4.69, 9.17) is 11.2 Å². The molecule has 0 saturated heterocycles. The van der Waals surface area contributed by atoms with Crippen LogP contribution in [0.2, 0.25) is 0 Å². The molecule has 0 fully saturated rings. The Labute approximate surface area is 81.3 Å². The fourth-order valence-electron chi connectivity index (χ4n) is 1.03. The lowest BCUT2D eigenvalue weighted by Gasteiger charge is -2.24. The van der Waals surface area contributed by atoms with Gasteiger partial charge in [0.25, 0.3) is 0 Å². The van der Waals surface area contributed by atoms with E-state index >= 15 is 0 Å². The van der Waals surface area contributed by atoms with Gasteiger partial charge in [-0.1, -0.05) is 5.92 Å². The largest absolute Gasteiger partial charge is 0.379 e. The van der Waals surface area contributed by atoms with Crippen LogP contribution in [0.4, 0.5) is 0 Å². The molecule has 0 radical (unpaired) electrons. The van der Waals surface area contributed by atoms with E-state index in [1.807, 2.05) is 13.8 Å². The maximum Gasteiger partial charge on any atom is 0.122 e. The van der Waals surface area contributed by atoms with Gasteiger partial charge < -0.3 is 9.84 Å². The van der Waals surface area contributed by atoms with Gasteiger partial charge >= 0.3 is 0 Å². The maximum absolute atomic E-state index is 9.52. The minimum Gasteiger partial charge on any atom is -0.379 e. The molecule has 0 heterocycles. The molecule has 0 aliphatic rings. The van der Waals surface area contributed by atoms with E-state index < -0.39 is 5.60 Å². The summed E-state index contributed by atoms with van der Waals surface area (Å²) in [6.45, 7) is 5.71. The zero-order valence-corrected chi connectivity index (χ0v) is 9.05. The van der Waals surface area contributed by atoms with Crippen LogP contribution in [0.1, 0.15) is 40.0 Å². The number of rotatable bonds is 5. The van der Waals surface area contributed by atoms with Crippen molar-refractivity contribution in [3.05, 3.63) is 0 Å². The summed E-state index contributed by atoms with van der Waals surface area (Å²) in [6, 6.07) is 0. The maximum atomic E-state index is 9.52. The Morgan fingerprint density at radius 2 is 1.85 bits per heavy atom. The van der Waals surface area contributed by atoms with Crippen LogP contribution >= 0.6 is 0 Å². The number of ether oxygens (including phenoxy) is 1. The second-order valence-electron chi connectivity index (χ2n) is 4.24. The Morgan fingerprint density at radius 3 is 2.23 bits per heavy atom. The smallest absolute Gasteiger partial charge is 0.122 e. The third-order valence-corrected chi connectivity index (χ3v) is 2.31. The van der Waals surface area contributed by atoms with Gasteiger partial charge in [-0.25, -0.2) is 0 Å². The number of hydrogen-bond donors (Lipinski definition) is 1. The molecule has 76 valence electrons. The zero-order chi connectivity index (χ0) is 10.5. The molecule has 0 aromatic heterocycles. The van der Waals surface area contributed by atoms with E-state index in [1.54, 1.807) is 14.0 Å². The summed E-state index contributed by atoms with van der Waals surface area (Å²) in [6.07, 6.45) is 7.56. The molecular weight excluding hydrogens is 164 g/mol. The van der Waals surface area contributed by atoms with Crippen molar-refractivity contribution in [3.63, 3.8) is 0 Å². The second-order valence-corrected chi connectivity index (χ2v) is 4.24. The third kappa shape index (κ3) is 5.68. The van der Waals surface area contributed by atoms with Crippen molar-refractivity contribution in [3.8, 4) is 12.3 Å². The van der Waals surface area contributed by atoms with Crippen molar-refractivity contribution in [1.82, 2.24) is 0 Å². The highest BCUT2D eigenvalue weighted by Gasteiger charge is 2.20. The molecule has 0 unspecified atom stereocenters. The molecule has 1 atom stereocenters. The summed E-state index contributed by atoms with van der Waals surface area (Å²) in [5.41, 5.74) is -1.09. The van der Waals surface area contributed by atoms with E-state index in [9.17, 15) is 5.11 Å². The van der Waals surface area contributed by atoms with Crippen LogP contribution < -0.4 is 0 Å². The van der Waals surface area contributed by atoms with Gasteiger partial charge in [-0.3, -0.25) is 0 Å². The molecule has 0 bridgehead atoms. The first-order valence-electron chi connectivity index (χ1n) is 4.58. The highest BCUT2D eigenvalue weighted by atomic mass is 16.5. The number of aliphatic hydroxyl groups is 1. The quantitative estimate of drug-likeness (QED) is 0.662. The predicted octanol–water partition coefficient (Wildman–Crippen LogP) is 1.97. The topological polar surface area (TPSA) is 29.5 Å². The third-order valence-electron chi connectivity index (χ3n) is 2.31. The molecule has 13 heavy (non-hydrogen) atoms. The molecule has 0 spiro atoms. The van der Waals surface area contributed by atoms with Crippen LogP contribution in [0.25, 0.3) is 0 Å². The average molecular weight is 184 g/mol. The van der Waals surface area contributed by atoms with E-state index in [1.165, 1.54) is 0 Å². The average Bonchev–Trinajstić information content (AvgIpc) is 2.04. The summed E-state index contributed by atoms with van der Waals surface area (Å²) in [4.78, 5) is 0. The van der Waals surface area contributed by atoms with Gasteiger partial charge in [0.1, 0.15) is 5.60 Å². The van der Waals surface area contributed by atoms with Crippen molar-refractivity contribution in [2.24, 2.45) is 0 Å². The molecule has 2 heteroatoms. The lowest BCUT2D eigenvalue weighted by atomic mass is 9.94. The molecule has 0 aliphatic heterocycles. The molecule has 0 aliphatic carbocycles. The van der Waals surface area contributed by atoms with Crippen molar-refractivity contribution in [1.29, 1.82) is 0 Å². The molecule has 0 amide bonds. The van der Waals surface area contributed by atoms with Crippen LogP contribution in [0.3, 0.4) is 0 Å². The van der Waals surface area contributed by atoms with Crippen LogP contribution in [0.5, 0.6) is 0 Å². The van der Waals surface area contributed by atoms with Crippen molar-refractivity contribution in [2.45, 2.75) is 51.2 Å². The molecule has 1 N–H and O–H groups in total. The van der Waals surface area contributed by atoms with Gasteiger partial charge in [-0.2, -0.15) is 0 Å². The van der Waals surface area contributed by atoms with Crippen LogP contribution in [-0.4, -0.2) is 23.4 Å². The van der Waals surface area contributed by atoms with Gasteiger partial charge in [0.2, 0.25) is 0 Å². The normalized spacial score (nSPS) is 16.3. The zero-order valence-electron chi connectivity index (χ0n) is 9.05. The predicted molar refractivity (Wildman–Crippen MR) is 54.4 cm³/mol. The standard InChI is InChI=1S/C11H20O2/c1-6-11(4,12)9-7-8-10(2,3)13-5/h1,12H,7-9H2,2-5H3/t11-/m0/s1. The van der Waals surface area contributed by atoms with E-state index in [2.05, 4.69) is 5.92 Å². The van der Waals surface area contributed by atoms with Crippen molar-refractivity contribution >= 4 is 0 Å². The monoisotopic (exact) mass is 184 g/mol. The first kappa shape index (κ1) is 12.5. The van der Waals surface area contributed by atoms with Crippen LogP contribution in [0.15, 0.2) is 0 Å². The molecule has 0 aromatic rings. The summed E-state index contributed by atoms with van der Waals surface area (Å²) in [5.74, 6) is 2.36. The fraction of sp³-hybridized carbons (Fsp3) is 0.818. The van der Waals surface area contributed by atoms with E-state index in [0.29, 0.717) is 6.42 Å². The number of methoxy groups -OCH3 is 1. The number of terminal acetylenes is 1. The van der Waals surface area contributed by atoms with Gasteiger partial charge in [0, 0.05) is 7.11 Å². The number of hydrogen-bond acceptors (Lipinski definition) is 2. The van der Waals surface area contributed by atoms with E-state index in [0.717, 1.165) is 12.8 Å². The summed E-state index contributed by atoms with van der Waals surface area (Å²) in [7, 11) is 1.69. The molecular formula is C11H20O2. The Bertz CT molecular complexity index is 187. The van der Waals surface area contributed by atoms with Gasteiger partial charge in [-0.15, -0.1) is 6.42 Å². The SMILES string of the molecule is C#C[C@](C)(O)CCCC(C)(C)OC. The summed E-state index contributed by atoms with van der Waals surface area (Å²) < 4.78 is 5.25. The summed E-state index contributed by atoms with van der Waals surface area (Å²) in [5, 5.41) is 9.52. The molecule has 0 saturated carbocycles. The highest BCUT2D eigenvalue weighted by molar-refractivity contribution is 5.04. The second kappa shape index (κ2) is 4.64. The van der Waals surface area contributed by atoms with Crippen molar-refractivity contribution < 1.29 is 9.84 Å². The van der Waals surface area contributed by atoms with Gasteiger partial charge in [0.05, 0.1) is 5.60 Å². The lowest BCUT2D eigenvalue weighted by molar-refractivity contribution is 0.00834. The lowest BCUT2D eigenvalue weighted by Crippen LogP contribution is -2.25. The molecule has 2 nitrogen and oxygen atoms in total. The van der Waals surface area contributed by atoms with Crippen LogP contribution in [0, 0.1) is 12.3 Å². The Balaban J connectivity index is 3.76. The van der Waals surface area contributed by atoms with Crippen molar-refractivity contribution in [2.75, 3.05) is 7.11 Å². The minimum atomic E-state index is -0.968. The van der Waals surface area contributed by atoms with E-state index in [-0.39, 0.29) is 5.60 Å². The molecule has 0 aromatic carbocycles. The Hall–Kier alpha value is -0.520. The Morgan fingerprint density at radius 1 is 1.31 bits per heavy atom. The summed E-state index contributed by atoms with van der Waals surface area (Å²) >= 11 is 0. The Kier molecular flexibility index (Phi) is 4.46. The highest BCUT2D eigenvalue weighted by Crippen LogP contribution is 2.20. The van der Waals surface area contributed by atoms with Crippen LogP contribution in [-0.2, 0) is 4.74 Å². The minimum absolute atomic E-state index is 0.120. The first-order valence-corrected chi connectivity index (χ1v) is 4.58. The first-order chi connectivity index (χ1) is 5.83. The van der Waals surface area contributed by atoms with Gasteiger partial charge in [0.15, 0.2) is 0 Å². The molecule has 0 rings (SSSR count). The van der Waals surface area contributed by atoms with Gasteiger partial charge in [-0.05, 0) is 40.0 Å².